The molecule has 0 aromatic heterocycles. The van der Waals surface area contributed by atoms with Crippen molar-refractivity contribution in [2.24, 2.45) is 5.92 Å². The van der Waals surface area contributed by atoms with E-state index in [1.165, 1.54) is 0 Å². The van der Waals surface area contributed by atoms with Crippen LogP contribution in [0.4, 0.5) is 0 Å². The lowest BCUT2D eigenvalue weighted by atomic mass is 9.90. The minimum atomic E-state index is -0.581. The van der Waals surface area contributed by atoms with E-state index < -0.39 is 6.10 Å². The number of methoxy groups -OCH3 is 1. The Morgan fingerprint density at radius 2 is 2.21 bits per heavy atom. The molecule has 104 valence electrons. The number of hydrogen-bond acceptors (Lipinski definition) is 3. The topological polar surface area (TPSA) is 46.5 Å². The fourth-order valence-electron chi connectivity index (χ4n) is 2.74. The van der Waals surface area contributed by atoms with Crippen molar-refractivity contribution in [2.45, 2.75) is 44.6 Å². The molecule has 0 bridgehead atoms. The smallest absolute Gasteiger partial charge is 0.136 e. The summed E-state index contributed by atoms with van der Waals surface area (Å²) in [5.41, 5.74) is 0.830. The average molecular weight is 262 g/mol. The van der Waals surface area contributed by atoms with E-state index in [-0.39, 0.29) is 5.92 Å². The third kappa shape index (κ3) is 3.80. The van der Waals surface area contributed by atoms with E-state index in [4.69, 9.17) is 4.74 Å². The SMILES string of the molecule is COc1cccc(C(O)CC2CCCCCC2=O)c1. The van der Waals surface area contributed by atoms with Crippen LogP contribution >= 0.6 is 0 Å². The lowest BCUT2D eigenvalue weighted by molar-refractivity contribution is -0.123. The maximum atomic E-state index is 12.0. The summed E-state index contributed by atoms with van der Waals surface area (Å²) in [6.45, 7) is 0. The molecule has 1 aromatic carbocycles. The van der Waals surface area contributed by atoms with Crippen LogP contribution in [-0.4, -0.2) is 18.0 Å². The second-order valence-corrected chi connectivity index (χ2v) is 5.29. The van der Waals surface area contributed by atoms with Gasteiger partial charge in [-0.15, -0.1) is 0 Å². The Bertz CT molecular complexity index is 428. The van der Waals surface area contributed by atoms with Crippen molar-refractivity contribution < 1.29 is 14.6 Å². The summed E-state index contributed by atoms with van der Waals surface area (Å²) >= 11 is 0. The van der Waals surface area contributed by atoms with Gasteiger partial charge in [0.1, 0.15) is 11.5 Å². The zero-order chi connectivity index (χ0) is 13.7. The van der Waals surface area contributed by atoms with Gasteiger partial charge in [0, 0.05) is 12.3 Å². The standard InChI is InChI=1S/C16H22O3/c1-19-14-8-5-7-12(10-14)16(18)11-13-6-3-2-4-9-15(13)17/h5,7-8,10,13,16,18H,2-4,6,9,11H2,1H3. The van der Waals surface area contributed by atoms with Gasteiger partial charge in [-0.2, -0.15) is 0 Å². The largest absolute Gasteiger partial charge is 0.497 e. The van der Waals surface area contributed by atoms with Gasteiger partial charge in [-0.05, 0) is 37.0 Å². The quantitative estimate of drug-likeness (QED) is 0.847. The summed E-state index contributed by atoms with van der Waals surface area (Å²) in [7, 11) is 1.61. The van der Waals surface area contributed by atoms with Crippen LogP contribution < -0.4 is 4.74 Å². The van der Waals surface area contributed by atoms with Crippen LogP contribution in [0.3, 0.4) is 0 Å². The first-order valence-corrected chi connectivity index (χ1v) is 7.05. The molecule has 3 nitrogen and oxygen atoms in total. The highest BCUT2D eigenvalue weighted by molar-refractivity contribution is 5.81. The molecule has 2 rings (SSSR count). The number of ether oxygens (including phenoxy) is 1. The first kappa shape index (κ1) is 14.1. The summed E-state index contributed by atoms with van der Waals surface area (Å²) < 4.78 is 5.16. The molecule has 1 aliphatic rings. The molecular formula is C16H22O3. The molecule has 0 radical (unpaired) electrons. The molecule has 0 spiro atoms. The Labute approximate surface area is 114 Å². The maximum absolute atomic E-state index is 12.0. The van der Waals surface area contributed by atoms with Crippen LogP contribution in [0.5, 0.6) is 5.75 Å². The molecule has 0 saturated heterocycles. The lowest BCUT2D eigenvalue weighted by Gasteiger charge is -2.18. The molecule has 1 N–H and O–H groups in total. The molecule has 1 fully saturated rings. The van der Waals surface area contributed by atoms with Crippen molar-refractivity contribution in [3.63, 3.8) is 0 Å². The van der Waals surface area contributed by atoms with Gasteiger partial charge in [0.15, 0.2) is 0 Å². The lowest BCUT2D eigenvalue weighted by Crippen LogP contribution is -2.16. The third-order valence-electron chi connectivity index (χ3n) is 3.92. The number of ketones is 1. The van der Waals surface area contributed by atoms with Crippen molar-refractivity contribution in [2.75, 3.05) is 7.11 Å². The van der Waals surface area contributed by atoms with E-state index in [0.29, 0.717) is 18.6 Å². The zero-order valence-corrected chi connectivity index (χ0v) is 11.5. The predicted molar refractivity (Wildman–Crippen MR) is 74.2 cm³/mol. The number of hydrogen-bond donors (Lipinski definition) is 1. The van der Waals surface area contributed by atoms with E-state index in [1.807, 2.05) is 24.3 Å². The van der Waals surface area contributed by atoms with Gasteiger partial charge >= 0.3 is 0 Å². The summed E-state index contributed by atoms with van der Waals surface area (Å²) in [6.07, 6.45) is 4.78. The monoisotopic (exact) mass is 262 g/mol. The number of aliphatic hydroxyl groups excluding tert-OH is 1. The van der Waals surface area contributed by atoms with Gasteiger partial charge in [-0.1, -0.05) is 25.0 Å². The van der Waals surface area contributed by atoms with E-state index in [2.05, 4.69) is 0 Å². The molecule has 1 aromatic rings. The summed E-state index contributed by atoms with van der Waals surface area (Å²) in [5.74, 6) is 1.08. The molecule has 0 aliphatic heterocycles. The number of carbonyl (C=O) groups excluding carboxylic acids is 1. The first-order chi connectivity index (χ1) is 9.20. The van der Waals surface area contributed by atoms with Crippen LogP contribution in [-0.2, 0) is 4.79 Å². The van der Waals surface area contributed by atoms with Crippen LogP contribution in [0.15, 0.2) is 24.3 Å². The van der Waals surface area contributed by atoms with Crippen LogP contribution in [0, 0.1) is 5.92 Å². The summed E-state index contributed by atoms with van der Waals surface area (Å²) in [6, 6.07) is 7.44. The van der Waals surface area contributed by atoms with Gasteiger partial charge in [0.25, 0.3) is 0 Å². The Morgan fingerprint density at radius 3 is 3.00 bits per heavy atom. The second-order valence-electron chi connectivity index (χ2n) is 5.29. The van der Waals surface area contributed by atoms with E-state index in [0.717, 1.165) is 37.0 Å². The van der Waals surface area contributed by atoms with Crippen LogP contribution in [0.25, 0.3) is 0 Å². The molecular weight excluding hydrogens is 240 g/mol. The summed E-state index contributed by atoms with van der Waals surface area (Å²) in [5, 5.41) is 10.3. The van der Waals surface area contributed by atoms with E-state index in [1.54, 1.807) is 7.11 Å². The summed E-state index contributed by atoms with van der Waals surface area (Å²) in [4.78, 5) is 12.0. The molecule has 1 saturated carbocycles. The minimum absolute atomic E-state index is 0.0173. The fraction of sp³-hybridized carbons (Fsp3) is 0.562. The Hall–Kier alpha value is -1.35. The van der Waals surface area contributed by atoms with E-state index >= 15 is 0 Å². The Balaban J connectivity index is 2.02. The highest BCUT2D eigenvalue weighted by Gasteiger charge is 2.24. The fourth-order valence-corrected chi connectivity index (χ4v) is 2.74. The second kappa shape index (κ2) is 6.71. The highest BCUT2D eigenvalue weighted by atomic mass is 16.5. The van der Waals surface area contributed by atoms with Gasteiger partial charge in [-0.25, -0.2) is 0 Å². The Morgan fingerprint density at radius 1 is 1.37 bits per heavy atom. The number of benzene rings is 1. The van der Waals surface area contributed by atoms with Crippen molar-refractivity contribution in [3.05, 3.63) is 29.8 Å². The van der Waals surface area contributed by atoms with Crippen molar-refractivity contribution in [1.82, 2.24) is 0 Å². The van der Waals surface area contributed by atoms with Gasteiger partial charge in [0.05, 0.1) is 13.2 Å². The number of rotatable bonds is 4. The normalized spacial score (nSPS) is 21.8. The molecule has 19 heavy (non-hydrogen) atoms. The average Bonchev–Trinajstić information content (AvgIpc) is 2.64. The first-order valence-electron chi connectivity index (χ1n) is 7.05. The van der Waals surface area contributed by atoms with Gasteiger partial charge in [-0.3, -0.25) is 4.79 Å². The molecule has 2 unspecified atom stereocenters. The Kier molecular flexibility index (Phi) is 4.97. The molecule has 0 amide bonds. The van der Waals surface area contributed by atoms with Crippen molar-refractivity contribution in [3.8, 4) is 5.75 Å². The molecule has 1 aliphatic carbocycles. The molecule has 3 heteroatoms. The molecule has 2 atom stereocenters. The highest BCUT2D eigenvalue weighted by Crippen LogP contribution is 2.30. The number of aliphatic hydroxyl groups is 1. The third-order valence-corrected chi connectivity index (χ3v) is 3.92. The van der Waals surface area contributed by atoms with Gasteiger partial charge < -0.3 is 9.84 Å². The maximum Gasteiger partial charge on any atom is 0.136 e. The van der Waals surface area contributed by atoms with Crippen molar-refractivity contribution >= 4 is 5.78 Å². The van der Waals surface area contributed by atoms with Crippen molar-refractivity contribution in [1.29, 1.82) is 0 Å². The minimum Gasteiger partial charge on any atom is -0.497 e. The van der Waals surface area contributed by atoms with Crippen LogP contribution in [0.1, 0.15) is 50.2 Å². The van der Waals surface area contributed by atoms with E-state index in [9.17, 15) is 9.90 Å². The van der Waals surface area contributed by atoms with Crippen LogP contribution in [0.2, 0.25) is 0 Å². The van der Waals surface area contributed by atoms with Gasteiger partial charge in [0.2, 0.25) is 0 Å². The number of carbonyl (C=O) groups is 1. The number of Topliss-reactive ketones (excluding diaryl/α,β-unsaturated/α-hetero) is 1. The zero-order valence-electron chi connectivity index (χ0n) is 11.5. The predicted octanol–water partition coefficient (Wildman–Crippen LogP) is 3.27. The molecule has 0 heterocycles.